The first kappa shape index (κ1) is 27.1. The number of piperazine rings is 1. The van der Waals surface area contributed by atoms with Gasteiger partial charge in [0.1, 0.15) is 16.4 Å². The predicted molar refractivity (Wildman–Crippen MR) is 152 cm³/mol. The normalized spacial score (nSPS) is 21.5. The van der Waals surface area contributed by atoms with E-state index < -0.39 is 5.54 Å². The molecule has 3 aromatic rings. The van der Waals surface area contributed by atoms with Gasteiger partial charge in [0.15, 0.2) is 0 Å². The van der Waals surface area contributed by atoms with Crippen LogP contribution in [0.25, 0.3) is 21.0 Å². The van der Waals surface area contributed by atoms with Crippen LogP contribution in [0.2, 0.25) is 0 Å². The van der Waals surface area contributed by atoms with E-state index in [4.69, 9.17) is 4.98 Å². The van der Waals surface area contributed by atoms with E-state index in [2.05, 4.69) is 16.7 Å². The first-order chi connectivity index (χ1) is 19.9. The molecule has 0 bridgehead atoms. The molecule has 210 valence electrons. The number of nitrogens with one attached hydrogen (secondary N) is 2. The molecular formula is C31H30FN5O3S. The van der Waals surface area contributed by atoms with Crippen LogP contribution in [0.1, 0.15) is 60.5 Å². The van der Waals surface area contributed by atoms with E-state index in [0.717, 1.165) is 52.4 Å². The van der Waals surface area contributed by atoms with Crippen molar-refractivity contribution in [2.24, 2.45) is 5.92 Å². The molecule has 2 unspecified atom stereocenters. The summed E-state index contributed by atoms with van der Waals surface area (Å²) < 4.78 is 13.7. The van der Waals surface area contributed by atoms with Crippen molar-refractivity contribution in [3.8, 4) is 27.1 Å². The largest absolute Gasteiger partial charge is 0.353 e. The van der Waals surface area contributed by atoms with Crippen LogP contribution in [-0.2, 0) is 9.59 Å². The highest BCUT2D eigenvalue weighted by Crippen LogP contribution is 2.46. The van der Waals surface area contributed by atoms with Gasteiger partial charge in [-0.1, -0.05) is 25.0 Å². The summed E-state index contributed by atoms with van der Waals surface area (Å²) in [6, 6.07) is 15.8. The summed E-state index contributed by atoms with van der Waals surface area (Å²) in [6.45, 7) is 0.939. The SMILES string of the molecule is N#CC1(NC(=O)C2CCCCC2c2nc(-c3ccc(F)cc3)sc2-c2ccc(C(=O)N3CCNC(=O)C3)cc2)CC1. The fourth-order valence-electron chi connectivity index (χ4n) is 5.75. The zero-order valence-electron chi connectivity index (χ0n) is 22.5. The van der Waals surface area contributed by atoms with Crippen molar-refractivity contribution < 1.29 is 18.8 Å². The van der Waals surface area contributed by atoms with Crippen LogP contribution in [0.5, 0.6) is 0 Å². The molecule has 3 aliphatic rings. The van der Waals surface area contributed by atoms with Crippen molar-refractivity contribution >= 4 is 29.1 Å². The molecule has 8 nitrogen and oxygen atoms in total. The molecule has 2 aliphatic carbocycles. The summed E-state index contributed by atoms with van der Waals surface area (Å²) in [4.78, 5) is 45.7. The van der Waals surface area contributed by atoms with Gasteiger partial charge in [-0.3, -0.25) is 14.4 Å². The minimum absolute atomic E-state index is 0.0405. The molecule has 1 aliphatic heterocycles. The Kier molecular flexibility index (Phi) is 7.30. The van der Waals surface area contributed by atoms with Gasteiger partial charge in [-0.05, 0) is 67.6 Å². The summed E-state index contributed by atoms with van der Waals surface area (Å²) in [6.07, 6.45) is 4.77. The lowest BCUT2D eigenvalue weighted by Gasteiger charge is -2.31. The number of hydrogen-bond acceptors (Lipinski definition) is 6. The second-order valence-electron chi connectivity index (χ2n) is 11.1. The van der Waals surface area contributed by atoms with Crippen molar-refractivity contribution in [2.75, 3.05) is 19.6 Å². The highest BCUT2D eigenvalue weighted by Gasteiger charge is 2.47. The first-order valence-corrected chi connectivity index (χ1v) is 14.8. The standard InChI is InChI=1S/C31H30FN5O3S/c32-22-11-9-20(10-12-22)29-35-26(23-3-1-2-4-24(23)28(39)36-31(18-33)13-14-31)27(41-29)19-5-7-21(8-6-19)30(40)37-16-15-34-25(38)17-37/h5-12,23-24H,1-4,13-17H2,(H,34,38)(H,36,39). The predicted octanol–water partition coefficient (Wildman–Crippen LogP) is 4.63. The molecule has 2 heterocycles. The fraction of sp³-hybridized carbons (Fsp3) is 0.387. The van der Waals surface area contributed by atoms with Gasteiger partial charge >= 0.3 is 0 Å². The van der Waals surface area contributed by atoms with Gasteiger partial charge in [-0.15, -0.1) is 11.3 Å². The summed E-state index contributed by atoms with van der Waals surface area (Å²) >= 11 is 1.49. The minimum Gasteiger partial charge on any atom is -0.353 e. The van der Waals surface area contributed by atoms with Gasteiger partial charge in [0, 0.05) is 36.1 Å². The van der Waals surface area contributed by atoms with Crippen LogP contribution in [-0.4, -0.2) is 52.8 Å². The van der Waals surface area contributed by atoms with Crippen LogP contribution in [0, 0.1) is 23.1 Å². The first-order valence-electron chi connectivity index (χ1n) is 14.0. The zero-order chi connectivity index (χ0) is 28.6. The molecule has 6 rings (SSSR count). The quantitative estimate of drug-likeness (QED) is 0.448. The number of aromatic nitrogens is 1. The monoisotopic (exact) mass is 571 g/mol. The molecule has 3 fully saturated rings. The summed E-state index contributed by atoms with van der Waals surface area (Å²) in [7, 11) is 0. The molecule has 3 amide bonds. The maximum absolute atomic E-state index is 13.7. The molecule has 2 aromatic carbocycles. The fourth-order valence-corrected chi connectivity index (χ4v) is 6.90. The number of hydrogen-bond donors (Lipinski definition) is 2. The average molecular weight is 572 g/mol. The number of halogens is 1. The van der Waals surface area contributed by atoms with Gasteiger partial charge in [-0.2, -0.15) is 5.26 Å². The average Bonchev–Trinajstić information content (AvgIpc) is 3.63. The molecule has 0 spiro atoms. The Bertz CT molecular complexity index is 1520. The Morgan fingerprint density at radius 2 is 1.78 bits per heavy atom. The van der Waals surface area contributed by atoms with E-state index >= 15 is 0 Å². The molecule has 2 N–H and O–H groups in total. The lowest BCUT2D eigenvalue weighted by atomic mass is 9.76. The van der Waals surface area contributed by atoms with Crippen LogP contribution in [0.15, 0.2) is 48.5 Å². The van der Waals surface area contributed by atoms with E-state index in [9.17, 15) is 24.0 Å². The van der Waals surface area contributed by atoms with Gasteiger partial charge in [0.05, 0.1) is 23.2 Å². The number of rotatable bonds is 6. The molecule has 2 saturated carbocycles. The number of benzene rings is 2. The van der Waals surface area contributed by atoms with E-state index in [1.165, 1.54) is 28.4 Å². The van der Waals surface area contributed by atoms with Crippen molar-refractivity contribution in [1.82, 2.24) is 20.5 Å². The number of thiazole rings is 1. The highest BCUT2D eigenvalue weighted by molar-refractivity contribution is 7.18. The van der Waals surface area contributed by atoms with Crippen molar-refractivity contribution in [1.29, 1.82) is 5.26 Å². The van der Waals surface area contributed by atoms with E-state index in [1.807, 2.05) is 12.1 Å². The number of amides is 3. The second kappa shape index (κ2) is 11.1. The van der Waals surface area contributed by atoms with Gasteiger partial charge in [0.25, 0.3) is 5.91 Å². The summed E-state index contributed by atoms with van der Waals surface area (Å²) in [5.74, 6) is -1.22. The van der Waals surface area contributed by atoms with Gasteiger partial charge in [0.2, 0.25) is 11.8 Å². The van der Waals surface area contributed by atoms with E-state index in [1.54, 1.807) is 24.3 Å². The summed E-state index contributed by atoms with van der Waals surface area (Å²) in [5.41, 5.74) is 2.24. The van der Waals surface area contributed by atoms with Crippen LogP contribution < -0.4 is 10.6 Å². The highest BCUT2D eigenvalue weighted by atomic mass is 32.1. The van der Waals surface area contributed by atoms with E-state index in [0.29, 0.717) is 31.5 Å². The molecule has 1 saturated heterocycles. The lowest BCUT2D eigenvalue weighted by molar-refractivity contribution is -0.127. The van der Waals surface area contributed by atoms with Crippen molar-refractivity contribution in [2.45, 2.75) is 50.0 Å². The maximum Gasteiger partial charge on any atom is 0.254 e. The van der Waals surface area contributed by atoms with Gasteiger partial charge in [-0.25, -0.2) is 9.37 Å². The molecule has 1 aromatic heterocycles. The van der Waals surface area contributed by atoms with Gasteiger partial charge < -0.3 is 15.5 Å². The lowest BCUT2D eigenvalue weighted by Crippen LogP contribution is -2.49. The molecule has 0 radical (unpaired) electrons. The second-order valence-corrected chi connectivity index (χ2v) is 12.1. The summed E-state index contributed by atoms with van der Waals surface area (Å²) in [5, 5.41) is 16.0. The molecule has 2 atom stereocenters. The number of nitrogens with zero attached hydrogens (tertiary/aromatic N) is 3. The molecule has 10 heteroatoms. The molecule has 41 heavy (non-hydrogen) atoms. The third-order valence-electron chi connectivity index (χ3n) is 8.24. The van der Waals surface area contributed by atoms with Crippen LogP contribution in [0.3, 0.4) is 0 Å². The van der Waals surface area contributed by atoms with E-state index in [-0.39, 0.29) is 41.9 Å². The zero-order valence-corrected chi connectivity index (χ0v) is 23.3. The van der Waals surface area contributed by atoms with Crippen LogP contribution >= 0.6 is 11.3 Å². The Morgan fingerprint density at radius 3 is 2.46 bits per heavy atom. The number of nitriles is 1. The Balaban J connectivity index is 1.34. The Labute approximate surface area is 241 Å². The minimum atomic E-state index is -0.735. The van der Waals surface area contributed by atoms with Crippen molar-refractivity contribution in [3.63, 3.8) is 0 Å². The smallest absolute Gasteiger partial charge is 0.254 e. The maximum atomic E-state index is 13.7. The topological polar surface area (TPSA) is 115 Å². The number of carbonyl (C=O) groups excluding carboxylic acids is 3. The molecular weight excluding hydrogens is 541 g/mol. The Hall–Kier alpha value is -4.10. The Morgan fingerprint density at radius 1 is 1.07 bits per heavy atom. The third kappa shape index (κ3) is 5.59. The third-order valence-corrected chi connectivity index (χ3v) is 9.41. The number of carbonyl (C=O) groups is 3. The van der Waals surface area contributed by atoms with Crippen molar-refractivity contribution in [3.05, 3.63) is 65.6 Å². The van der Waals surface area contributed by atoms with Crippen LogP contribution in [0.4, 0.5) is 4.39 Å².